The van der Waals surface area contributed by atoms with Gasteiger partial charge >= 0.3 is 7.12 Å². The van der Waals surface area contributed by atoms with Crippen LogP contribution < -0.4 is 10.4 Å². The van der Waals surface area contributed by atoms with Gasteiger partial charge in [-0.3, -0.25) is 0 Å². The van der Waals surface area contributed by atoms with Gasteiger partial charge < -0.3 is 19.1 Å². The molecule has 0 radical (unpaired) electrons. The van der Waals surface area contributed by atoms with Gasteiger partial charge in [-0.1, -0.05) is 26.0 Å². The molecular weight excluding hydrogens is 299 g/mol. The molecule has 0 aliphatic carbocycles. The van der Waals surface area contributed by atoms with Crippen LogP contribution in [-0.2, 0) is 9.31 Å². The summed E-state index contributed by atoms with van der Waals surface area (Å²) in [7, 11) is 1.91. The van der Waals surface area contributed by atoms with Crippen LogP contribution in [0.1, 0.15) is 41.5 Å². The maximum Gasteiger partial charge on any atom is 0.494 e. The number of benzene rings is 1. The van der Waals surface area contributed by atoms with Gasteiger partial charge in [0.15, 0.2) is 0 Å². The number of anilines is 1. The maximum atomic E-state index is 6.11. The molecule has 2 aliphatic rings. The van der Waals surface area contributed by atoms with Crippen molar-refractivity contribution in [3.05, 3.63) is 24.3 Å². The van der Waals surface area contributed by atoms with E-state index in [4.69, 9.17) is 9.31 Å². The second-order valence-electron chi connectivity index (χ2n) is 7.47. The van der Waals surface area contributed by atoms with Crippen molar-refractivity contribution >= 4 is 18.3 Å². The topological polar surface area (TPSA) is 24.9 Å². The Morgan fingerprint density at radius 2 is 1.29 bits per heavy atom. The van der Waals surface area contributed by atoms with E-state index in [2.05, 4.69) is 68.8 Å². The summed E-state index contributed by atoms with van der Waals surface area (Å²) in [6.07, 6.45) is 0. The van der Waals surface area contributed by atoms with Crippen LogP contribution >= 0.6 is 0 Å². The Kier molecular flexibility index (Phi) is 6.00. The van der Waals surface area contributed by atoms with Crippen molar-refractivity contribution in [2.45, 2.75) is 52.7 Å². The lowest BCUT2D eigenvalue weighted by Gasteiger charge is -2.34. The van der Waals surface area contributed by atoms with E-state index in [1.807, 2.05) is 13.8 Å². The Morgan fingerprint density at radius 1 is 0.833 bits per heavy atom. The number of piperazine rings is 1. The molecule has 0 spiro atoms. The second-order valence-corrected chi connectivity index (χ2v) is 7.47. The molecule has 0 N–H and O–H groups in total. The number of likely N-dealkylation sites (N-methyl/N-ethyl adjacent to an activating group) is 1. The fraction of sp³-hybridized carbons (Fsp3) is 0.684. The second kappa shape index (κ2) is 7.46. The Morgan fingerprint density at radius 3 is 1.75 bits per heavy atom. The monoisotopic (exact) mass is 332 g/mol. The van der Waals surface area contributed by atoms with Crippen molar-refractivity contribution in [3.63, 3.8) is 0 Å². The molecule has 1 aromatic rings. The average molecular weight is 332 g/mol. The number of hydrogen-bond donors (Lipinski definition) is 0. The van der Waals surface area contributed by atoms with Crippen LogP contribution in [0.3, 0.4) is 0 Å². The van der Waals surface area contributed by atoms with Crippen molar-refractivity contribution in [1.82, 2.24) is 4.90 Å². The van der Waals surface area contributed by atoms with Crippen molar-refractivity contribution in [3.8, 4) is 0 Å². The first-order valence-electron chi connectivity index (χ1n) is 9.18. The van der Waals surface area contributed by atoms with E-state index in [0.29, 0.717) is 0 Å². The molecule has 2 heterocycles. The van der Waals surface area contributed by atoms with Crippen LogP contribution in [0, 0.1) is 0 Å². The summed E-state index contributed by atoms with van der Waals surface area (Å²) in [5.41, 5.74) is 1.81. The lowest BCUT2D eigenvalue weighted by atomic mass is 9.79. The molecule has 134 valence electrons. The van der Waals surface area contributed by atoms with Crippen molar-refractivity contribution in [1.29, 1.82) is 0 Å². The van der Waals surface area contributed by atoms with Crippen molar-refractivity contribution < 1.29 is 9.31 Å². The molecule has 1 aromatic carbocycles. The number of hydrogen-bond acceptors (Lipinski definition) is 4. The van der Waals surface area contributed by atoms with E-state index < -0.39 is 0 Å². The van der Waals surface area contributed by atoms with Crippen LogP contribution in [0.25, 0.3) is 0 Å². The lowest BCUT2D eigenvalue weighted by Crippen LogP contribution is -2.44. The standard InChI is InChI=1S/C17H27BN2O2.C2H6/c1-16(2)17(3,4)22-18(21-16)14-6-8-15(9-7-14)20-12-10-19(5)11-13-20;1-2/h6-9H,10-13H2,1-5H3;1-2H3. The molecule has 0 aromatic heterocycles. The number of rotatable bonds is 2. The summed E-state index contributed by atoms with van der Waals surface area (Å²) in [4.78, 5) is 4.81. The van der Waals surface area contributed by atoms with Crippen LogP contribution in [0.2, 0.25) is 0 Å². The molecule has 2 aliphatic heterocycles. The summed E-state index contributed by atoms with van der Waals surface area (Å²) in [5.74, 6) is 0. The molecule has 0 amide bonds. The summed E-state index contributed by atoms with van der Waals surface area (Å²) in [6, 6.07) is 8.64. The first-order chi connectivity index (χ1) is 11.3. The van der Waals surface area contributed by atoms with Crippen LogP contribution in [0.4, 0.5) is 5.69 Å². The average Bonchev–Trinajstić information content (AvgIpc) is 2.78. The minimum atomic E-state index is -0.284. The van der Waals surface area contributed by atoms with Crippen LogP contribution in [0.15, 0.2) is 24.3 Å². The maximum absolute atomic E-state index is 6.11. The van der Waals surface area contributed by atoms with E-state index in [9.17, 15) is 0 Å². The highest BCUT2D eigenvalue weighted by Crippen LogP contribution is 2.36. The van der Waals surface area contributed by atoms with Gasteiger partial charge in [-0.2, -0.15) is 0 Å². The molecule has 24 heavy (non-hydrogen) atoms. The van der Waals surface area contributed by atoms with E-state index in [0.717, 1.165) is 31.6 Å². The third kappa shape index (κ3) is 3.96. The molecule has 2 fully saturated rings. The SMILES string of the molecule is CC.CN1CCN(c2ccc(B3OC(C)(C)C(C)(C)O3)cc2)CC1. The Labute approximate surface area is 148 Å². The van der Waals surface area contributed by atoms with E-state index >= 15 is 0 Å². The van der Waals surface area contributed by atoms with E-state index in [1.54, 1.807) is 0 Å². The normalized spacial score (nSPS) is 23.0. The Balaban J connectivity index is 0.00000100. The van der Waals surface area contributed by atoms with Gasteiger partial charge in [-0.05, 0) is 52.3 Å². The predicted molar refractivity (Wildman–Crippen MR) is 103 cm³/mol. The highest BCUT2D eigenvalue weighted by atomic mass is 16.7. The fourth-order valence-corrected chi connectivity index (χ4v) is 2.89. The van der Waals surface area contributed by atoms with Crippen LogP contribution in [-0.4, -0.2) is 56.4 Å². The van der Waals surface area contributed by atoms with E-state index in [-0.39, 0.29) is 18.3 Å². The van der Waals surface area contributed by atoms with Gasteiger partial charge in [0, 0.05) is 31.9 Å². The summed E-state index contributed by atoms with van der Waals surface area (Å²) < 4.78 is 12.2. The highest BCUT2D eigenvalue weighted by molar-refractivity contribution is 6.62. The molecule has 0 atom stereocenters. The lowest BCUT2D eigenvalue weighted by molar-refractivity contribution is 0.00578. The molecule has 5 heteroatoms. The van der Waals surface area contributed by atoms with Gasteiger partial charge in [0.2, 0.25) is 0 Å². The largest absolute Gasteiger partial charge is 0.494 e. The van der Waals surface area contributed by atoms with Gasteiger partial charge in [0.05, 0.1) is 11.2 Å². The Hall–Kier alpha value is -1.04. The molecular formula is C19H33BN2O2. The quantitative estimate of drug-likeness (QED) is 0.778. The molecule has 0 unspecified atom stereocenters. The Bertz CT molecular complexity index is 507. The van der Waals surface area contributed by atoms with Gasteiger partial charge in [0.1, 0.15) is 0 Å². The third-order valence-corrected chi connectivity index (χ3v) is 5.29. The minimum Gasteiger partial charge on any atom is -0.399 e. The number of nitrogens with zero attached hydrogens (tertiary/aromatic N) is 2. The minimum absolute atomic E-state index is 0.272. The zero-order valence-corrected chi connectivity index (χ0v) is 16.4. The predicted octanol–water partition coefficient (Wildman–Crippen LogP) is 2.76. The first-order valence-corrected chi connectivity index (χ1v) is 9.18. The van der Waals surface area contributed by atoms with Crippen LogP contribution in [0.5, 0.6) is 0 Å². The molecule has 2 saturated heterocycles. The molecule has 0 saturated carbocycles. The molecule has 3 rings (SSSR count). The first kappa shape index (κ1) is 19.3. The van der Waals surface area contributed by atoms with Crippen molar-refractivity contribution in [2.75, 3.05) is 38.1 Å². The molecule has 0 bridgehead atoms. The zero-order valence-electron chi connectivity index (χ0n) is 16.4. The fourth-order valence-electron chi connectivity index (χ4n) is 2.89. The highest BCUT2D eigenvalue weighted by Gasteiger charge is 2.51. The van der Waals surface area contributed by atoms with Gasteiger partial charge in [0.25, 0.3) is 0 Å². The summed E-state index contributed by atoms with van der Waals surface area (Å²) in [5, 5.41) is 0. The smallest absolute Gasteiger partial charge is 0.399 e. The summed E-state index contributed by atoms with van der Waals surface area (Å²) in [6.45, 7) is 16.8. The van der Waals surface area contributed by atoms with Gasteiger partial charge in [-0.15, -0.1) is 0 Å². The van der Waals surface area contributed by atoms with Crippen molar-refractivity contribution in [2.24, 2.45) is 0 Å². The summed E-state index contributed by atoms with van der Waals surface area (Å²) >= 11 is 0. The molecule has 4 nitrogen and oxygen atoms in total. The third-order valence-electron chi connectivity index (χ3n) is 5.29. The zero-order chi connectivity index (χ0) is 18.0. The van der Waals surface area contributed by atoms with E-state index in [1.165, 1.54) is 5.69 Å². The van der Waals surface area contributed by atoms with Gasteiger partial charge in [-0.25, -0.2) is 0 Å².